The number of amides is 1. The van der Waals surface area contributed by atoms with Crippen molar-refractivity contribution < 1.29 is 14.5 Å². The minimum absolute atomic E-state index is 0.0469. The predicted molar refractivity (Wildman–Crippen MR) is 106 cm³/mol. The van der Waals surface area contributed by atoms with Crippen LogP contribution in [0.1, 0.15) is 27.0 Å². The number of hydrogen-bond donors (Lipinski definition) is 1. The standard InChI is InChI=1S/C22H20N2O4/c1-16-5-4-6-18(13-16)15-28-19-11-9-17(10-12-19)14-23-22(25)20-7-2-3-8-21(20)24(26)27/h2-13H,14-15H2,1H3,(H,23,25). The van der Waals surface area contributed by atoms with Crippen LogP contribution in [0.5, 0.6) is 5.75 Å². The zero-order chi connectivity index (χ0) is 19.9. The average Bonchev–Trinajstić information content (AvgIpc) is 2.71. The SMILES string of the molecule is Cc1cccc(COc2ccc(CNC(=O)c3ccccc3[N+](=O)[O-])cc2)c1. The molecular weight excluding hydrogens is 356 g/mol. The lowest BCUT2D eigenvalue weighted by atomic mass is 10.1. The van der Waals surface area contributed by atoms with Crippen molar-refractivity contribution in [2.45, 2.75) is 20.1 Å². The Hall–Kier alpha value is -3.67. The zero-order valence-electron chi connectivity index (χ0n) is 15.4. The number of nitro groups is 1. The molecule has 0 bridgehead atoms. The number of nitro benzene ring substituents is 1. The number of hydrogen-bond acceptors (Lipinski definition) is 4. The lowest BCUT2D eigenvalue weighted by molar-refractivity contribution is -0.385. The van der Waals surface area contributed by atoms with E-state index in [0.29, 0.717) is 6.61 Å². The molecule has 0 spiro atoms. The van der Waals surface area contributed by atoms with Crippen molar-refractivity contribution in [2.24, 2.45) is 0 Å². The fourth-order valence-electron chi connectivity index (χ4n) is 2.77. The van der Waals surface area contributed by atoms with Crippen LogP contribution in [-0.2, 0) is 13.2 Å². The van der Waals surface area contributed by atoms with E-state index >= 15 is 0 Å². The van der Waals surface area contributed by atoms with Gasteiger partial charge in [0.2, 0.25) is 0 Å². The van der Waals surface area contributed by atoms with Crippen LogP contribution in [0.25, 0.3) is 0 Å². The minimum Gasteiger partial charge on any atom is -0.489 e. The van der Waals surface area contributed by atoms with E-state index in [9.17, 15) is 14.9 Å². The van der Waals surface area contributed by atoms with Crippen molar-refractivity contribution in [1.82, 2.24) is 5.32 Å². The molecule has 6 nitrogen and oxygen atoms in total. The van der Waals surface area contributed by atoms with E-state index < -0.39 is 10.8 Å². The summed E-state index contributed by atoms with van der Waals surface area (Å²) in [6.07, 6.45) is 0. The molecule has 0 heterocycles. The van der Waals surface area contributed by atoms with E-state index in [1.54, 1.807) is 6.07 Å². The van der Waals surface area contributed by atoms with Gasteiger partial charge >= 0.3 is 0 Å². The van der Waals surface area contributed by atoms with E-state index in [4.69, 9.17) is 4.74 Å². The third-order valence-electron chi connectivity index (χ3n) is 4.21. The van der Waals surface area contributed by atoms with E-state index in [-0.39, 0.29) is 17.8 Å². The van der Waals surface area contributed by atoms with Crippen molar-refractivity contribution in [3.8, 4) is 5.75 Å². The highest BCUT2D eigenvalue weighted by Gasteiger charge is 2.18. The third kappa shape index (κ3) is 4.94. The van der Waals surface area contributed by atoms with E-state index in [1.165, 1.54) is 23.8 Å². The summed E-state index contributed by atoms with van der Waals surface area (Å²) in [5.74, 6) is 0.252. The maximum atomic E-state index is 12.3. The summed E-state index contributed by atoms with van der Waals surface area (Å²) in [5, 5.41) is 13.7. The first kappa shape index (κ1) is 19.1. The predicted octanol–water partition coefficient (Wildman–Crippen LogP) is 4.41. The van der Waals surface area contributed by atoms with Gasteiger partial charge in [-0.3, -0.25) is 14.9 Å². The van der Waals surface area contributed by atoms with Crippen LogP contribution in [0.15, 0.2) is 72.8 Å². The van der Waals surface area contributed by atoms with E-state index in [1.807, 2.05) is 49.4 Å². The van der Waals surface area contributed by atoms with Crippen LogP contribution in [0, 0.1) is 17.0 Å². The summed E-state index contributed by atoms with van der Waals surface area (Å²) < 4.78 is 5.78. The molecule has 3 rings (SSSR count). The molecule has 0 saturated carbocycles. The van der Waals surface area contributed by atoms with Crippen molar-refractivity contribution in [3.63, 3.8) is 0 Å². The number of nitrogens with one attached hydrogen (secondary N) is 1. The molecule has 0 aliphatic carbocycles. The molecule has 0 unspecified atom stereocenters. The zero-order valence-corrected chi connectivity index (χ0v) is 15.4. The van der Waals surface area contributed by atoms with Crippen LogP contribution in [-0.4, -0.2) is 10.8 Å². The summed E-state index contributed by atoms with van der Waals surface area (Å²) in [7, 11) is 0. The Morgan fingerprint density at radius 2 is 1.75 bits per heavy atom. The molecule has 1 N–H and O–H groups in total. The number of nitrogens with zero attached hydrogens (tertiary/aromatic N) is 1. The molecular formula is C22H20N2O4. The van der Waals surface area contributed by atoms with Crippen LogP contribution >= 0.6 is 0 Å². The molecule has 0 fully saturated rings. The first-order valence-electron chi connectivity index (χ1n) is 8.82. The van der Waals surface area contributed by atoms with Gasteiger partial charge in [-0.1, -0.05) is 54.1 Å². The number of carbonyl (C=O) groups is 1. The van der Waals surface area contributed by atoms with Gasteiger partial charge in [0.1, 0.15) is 17.9 Å². The van der Waals surface area contributed by atoms with Gasteiger partial charge in [-0.2, -0.15) is 0 Å². The Bertz CT molecular complexity index is 984. The smallest absolute Gasteiger partial charge is 0.282 e. The maximum absolute atomic E-state index is 12.3. The molecule has 3 aromatic rings. The largest absolute Gasteiger partial charge is 0.489 e. The van der Waals surface area contributed by atoms with Gasteiger partial charge in [0.15, 0.2) is 0 Å². The molecule has 0 aliphatic heterocycles. The van der Waals surface area contributed by atoms with Gasteiger partial charge in [0.05, 0.1) is 4.92 Å². The molecule has 1 amide bonds. The fraction of sp³-hybridized carbons (Fsp3) is 0.136. The molecule has 0 aromatic heterocycles. The highest BCUT2D eigenvalue weighted by Crippen LogP contribution is 2.18. The first-order valence-corrected chi connectivity index (χ1v) is 8.82. The summed E-state index contributed by atoms with van der Waals surface area (Å²) in [6.45, 7) is 2.79. The monoisotopic (exact) mass is 376 g/mol. The van der Waals surface area contributed by atoms with Gasteiger partial charge in [-0.25, -0.2) is 0 Å². The van der Waals surface area contributed by atoms with Crippen LogP contribution in [0.3, 0.4) is 0 Å². The molecule has 0 radical (unpaired) electrons. The molecule has 0 saturated heterocycles. The number of benzene rings is 3. The van der Waals surface area contributed by atoms with Crippen molar-refractivity contribution >= 4 is 11.6 Å². The van der Waals surface area contributed by atoms with Gasteiger partial charge < -0.3 is 10.1 Å². The Morgan fingerprint density at radius 1 is 1.00 bits per heavy atom. The number of aryl methyl sites for hydroxylation is 1. The second-order valence-corrected chi connectivity index (χ2v) is 6.38. The second-order valence-electron chi connectivity index (χ2n) is 6.38. The Kier molecular flexibility index (Phi) is 6.01. The molecule has 0 atom stereocenters. The molecule has 6 heteroatoms. The lowest BCUT2D eigenvalue weighted by Gasteiger charge is -2.09. The molecule has 0 aliphatic rings. The summed E-state index contributed by atoms with van der Waals surface area (Å²) >= 11 is 0. The number of para-hydroxylation sites is 1. The Balaban J connectivity index is 1.56. The van der Waals surface area contributed by atoms with Crippen molar-refractivity contribution in [2.75, 3.05) is 0 Å². The Labute approximate surface area is 162 Å². The third-order valence-corrected chi connectivity index (χ3v) is 4.21. The van der Waals surface area contributed by atoms with Gasteiger partial charge in [0.25, 0.3) is 11.6 Å². The van der Waals surface area contributed by atoms with Crippen molar-refractivity contribution in [1.29, 1.82) is 0 Å². The van der Waals surface area contributed by atoms with Gasteiger partial charge in [-0.15, -0.1) is 0 Å². The number of rotatable bonds is 7. The first-order chi connectivity index (χ1) is 13.5. The number of carbonyl (C=O) groups excluding carboxylic acids is 1. The van der Waals surface area contributed by atoms with Gasteiger partial charge in [0, 0.05) is 12.6 Å². The van der Waals surface area contributed by atoms with Crippen LogP contribution in [0.4, 0.5) is 5.69 Å². The van der Waals surface area contributed by atoms with Gasteiger partial charge in [-0.05, 0) is 36.2 Å². The second kappa shape index (κ2) is 8.81. The normalized spacial score (nSPS) is 10.3. The van der Waals surface area contributed by atoms with E-state index in [2.05, 4.69) is 11.4 Å². The fourth-order valence-corrected chi connectivity index (χ4v) is 2.77. The topological polar surface area (TPSA) is 81.5 Å². The minimum atomic E-state index is -0.560. The van der Waals surface area contributed by atoms with E-state index in [0.717, 1.165) is 16.9 Å². The average molecular weight is 376 g/mol. The quantitative estimate of drug-likeness (QED) is 0.489. The van der Waals surface area contributed by atoms with Crippen LogP contribution < -0.4 is 10.1 Å². The molecule has 28 heavy (non-hydrogen) atoms. The summed E-state index contributed by atoms with van der Waals surface area (Å²) in [6, 6.07) is 21.4. The summed E-state index contributed by atoms with van der Waals surface area (Å²) in [5.41, 5.74) is 2.99. The maximum Gasteiger partial charge on any atom is 0.282 e. The highest BCUT2D eigenvalue weighted by molar-refractivity contribution is 5.98. The van der Waals surface area contributed by atoms with Crippen LogP contribution in [0.2, 0.25) is 0 Å². The highest BCUT2D eigenvalue weighted by atomic mass is 16.6. The Morgan fingerprint density at radius 3 is 2.46 bits per heavy atom. The molecule has 142 valence electrons. The van der Waals surface area contributed by atoms with Crippen molar-refractivity contribution in [3.05, 3.63) is 105 Å². The lowest BCUT2D eigenvalue weighted by Crippen LogP contribution is -2.23. The molecule has 3 aromatic carbocycles. The number of ether oxygens (including phenoxy) is 1. The summed E-state index contributed by atoms with van der Waals surface area (Å²) in [4.78, 5) is 22.7.